The average molecular weight is 786 g/mol. The number of rotatable bonds is 5. The lowest BCUT2D eigenvalue weighted by Gasteiger charge is -2.33. The van der Waals surface area contributed by atoms with Crippen molar-refractivity contribution < 1.29 is 0 Å². The summed E-state index contributed by atoms with van der Waals surface area (Å²) in [4.78, 5) is 2.47. The van der Waals surface area contributed by atoms with Gasteiger partial charge in [-0.25, -0.2) is 0 Å². The van der Waals surface area contributed by atoms with Gasteiger partial charge in [-0.2, -0.15) is 0 Å². The molecule has 62 heavy (non-hydrogen) atoms. The van der Waals surface area contributed by atoms with Crippen molar-refractivity contribution in [2.45, 2.75) is 5.41 Å². The summed E-state index contributed by atoms with van der Waals surface area (Å²) in [5.74, 6) is 0. The monoisotopic (exact) mass is 785 g/mol. The van der Waals surface area contributed by atoms with E-state index in [1.165, 1.54) is 99.1 Å². The molecule has 0 saturated carbocycles. The van der Waals surface area contributed by atoms with Gasteiger partial charge in [-0.1, -0.05) is 194 Å². The standard InChI is InChI=1S/C61H39N/c1-3-17-40(18-4-1)41-31-33-43(34-32-41)62(60-30-16-13-21-45(60)42-19-5-2-6-20-42)44-35-36-52-50-26-11-14-28-56(50)61(58(52)37-44)57-29-15-12-27-51(57)55-38-53-48-24-9-7-22-46(48)47-23-8-10-25-49(47)54(53)39-59(55)61/h1-39H. The Hall–Kier alpha value is -8.00. The maximum atomic E-state index is 2.56. The molecule has 0 aliphatic heterocycles. The summed E-state index contributed by atoms with van der Waals surface area (Å²) in [6.45, 7) is 0. The molecular formula is C61H39N. The fraction of sp³-hybridized carbons (Fsp3) is 0.0164. The van der Waals surface area contributed by atoms with Crippen LogP contribution in [-0.2, 0) is 5.41 Å². The van der Waals surface area contributed by atoms with Crippen molar-refractivity contribution in [1.82, 2.24) is 0 Å². The predicted octanol–water partition coefficient (Wildman–Crippen LogP) is 16.3. The second-order valence-corrected chi connectivity index (χ2v) is 16.7. The molecule has 11 aromatic carbocycles. The lowest BCUT2D eigenvalue weighted by Crippen LogP contribution is -2.26. The number of para-hydroxylation sites is 1. The first-order chi connectivity index (χ1) is 30.8. The summed E-state index contributed by atoms with van der Waals surface area (Å²) in [7, 11) is 0. The van der Waals surface area contributed by atoms with Crippen LogP contribution in [0.3, 0.4) is 0 Å². The largest absolute Gasteiger partial charge is 0.310 e. The fourth-order valence-corrected chi connectivity index (χ4v) is 11.1. The van der Waals surface area contributed by atoms with Crippen LogP contribution in [0, 0.1) is 0 Å². The van der Waals surface area contributed by atoms with E-state index >= 15 is 0 Å². The van der Waals surface area contributed by atoms with Gasteiger partial charge < -0.3 is 4.90 Å². The molecule has 0 N–H and O–H groups in total. The summed E-state index contributed by atoms with van der Waals surface area (Å²) in [6, 6.07) is 87.9. The molecule has 11 aromatic rings. The molecule has 1 unspecified atom stereocenters. The zero-order valence-corrected chi connectivity index (χ0v) is 34.0. The van der Waals surface area contributed by atoms with Crippen LogP contribution < -0.4 is 4.90 Å². The lowest BCUT2D eigenvalue weighted by molar-refractivity contribution is 0.795. The highest BCUT2D eigenvalue weighted by Gasteiger charge is 2.52. The van der Waals surface area contributed by atoms with E-state index in [-0.39, 0.29) is 0 Å². The molecule has 0 saturated heterocycles. The van der Waals surface area contributed by atoms with E-state index in [2.05, 4.69) is 241 Å². The Morgan fingerprint density at radius 3 is 1.32 bits per heavy atom. The van der Waals surface area contributed by atoms with Crippen molar-refractivity contribution in [2.75, 3.05) is 4.90 Å². The van der Waals surface area contributed by atoms with Gasteiger partial charge in [0.2, 0.25) is 0 Å². The molecule has 0 aromatic heterocycles. The summed E-state index contributed by atoms with van der Waals surface area (Å²) < 4.78 is 0. The van der Waals surface area contributed by atoms with E-state index in [9.17, 15) is 0 Å². The Bertz CT molecular complexity index is 3570. The maximum Gasteiger partial charge on any atom is 0.0726 e. The van der Waals surface area contributed by atoms with E-state index in [1.54, 1.807) is 0 Å². The molecule has 1 heteroatoms. The van der Waals surface area contributed by atoms with Crippen LogP contribution in [-0.4, -0.2) is 0 Å². The second kappa shape index (κ2) is 13.5. The molecule has 13 rings (SSSR count). The van der Waals surface area contributed by atoms with Crippen molar-refractivity contribution in [3.05, 3.63) is 259 Å². The SMILES string of the molecule is c1ccc(-c2ccc(N(c3ccc4c(c3)C3(c5ccccc5-4)c4ccccc4-c4cc5c6ccccc6c6ccccc6c5cc43)c3ccccc3-c3ccccc3)cc2)cc1. The van der Waals surface area contributed by atoms with Gasteiger partial charge in [0, 0.05) is 16.9 Å². The zero-order valence-electron chi connectivity index (χ0n) is 34.0. The molecule has 2 aliphatic carbocycles. The minimum Gasteiger partial charge on any atom is -0.310 e. The lowest BCUT2D eigenvalue weighted by atomic mass is 9.70. The van der Waals surface area contributed by atoms with E-state index in [0.29, 0.717) is 0 Å². The van der Waals surface area contributed by atoms with Crippen LogP contribution in [0.2, 0.25) is 0 Å². The van der Waals surface area contributed by atoms with E-state index < -0.39 is 5.41 Å². The first-order valence-electron chi connectivity index (χ1n) is 21.6. The molecule has 1 spiro atoms. The first kappa shape index (κ1) is 34.8. The Kier molecular flexibility index (Phi) is 7.59. The number of fused-ring (bicyclic) bond motifs is 16. The molecule has 0 amide bonds. The van der Waals surface area contributed by atoms with Crippen LogP contribution in [0.25, 0.3) is 76.8 Å². The highest BCUT2D eigenvalue weighted by molar-refractivity contribution is 6.26. The number of anilines is 3. The Morgan fingerprint density at radius 1 is 0.242 bits per heavy atom. The van der Waals surface area contributed by atoms with Gasteiger partial charge in [0.25, 0.3) is 0 Å². The Morgan fingerprint density at radius 2 is 0.677 bits per heavy atom. The van der Waals surface area contributed by atoms with Crippen LogP contribution >= 0.6 is 0 Å². The van der Waals surface area contributed by atoms with Gasteiger partial charge >= 0.3 is 0 Å². The zero-order chi connectivity index (χ0) is 40.8. The number of hydrogen-bond donors (Lipinski definition) is 0. The average Bonchev–Trinajstić information content (AvgIpc) is 3.81. The van der Waals surface area contributed by atoms with Gasteiger partial charge in [0.1, 0.15) is 0 Å². The Balaban J connectivity index is 1.10. The highest BCUT2D eigenvalue weighted by atomic mass is 15.1. The first-order valence-corrected chi connectivity index (χ1v) is 21.6. The quantitative estimate of drug-likeness (QED) is 0.157. The maximum absolute atomic E-state index is 2.56. The van der Waals surface area contributed by atoms with Crippen molar-refractivity contribution in [3.63, 3.8) is 0 Å². The van der Waals surface area contributed by atoms with Crippen LogP contribution in [0.5, 0.6) is 0 Å². The van der Waals surface area contributed by atoms with Gasteiger partial charge in [0.15, 0.2) is 0 Å². The van der Waals surface area contributed by atoms with Crippen molar-refractivity contribution >= 4 is 49.4 Å². The third kappa shape index (κ3) is 4.91. The van der Waals surface area contributed by atoms with Crippen molar-refractivity contribution in [3.8, 4) is 44.5 Å². The highest BCUT2D eigenvalue weighted by Crippen LogP contribution is 2.64. The molecule has 0 fully saturated rings. The molecule has 0 bridgehead atoms. The molecule has 0 radical (unpaired) electrons. The molecular weight excluding hydrogens is 747 g/mol. The minimum atomic E-state index is -0.531. The third-order valence-corrected chi connectivity index (χ3v) is 13.7. The number of hydrogen-bond acceptors (Lipinski definition) is 1. The second-order valence-electron chi connectivity index (χ2n) is 16.7. The molecule has 2 aliphatic rings. The van der Waals surface area contributed by atoms with Gasteiger partial charge in [-0.3, -0.25) is 0 Å². The van der Waals surface area contributed by atoms with Gasteiger partial charge in [0.05, 0.1) is 11.1 Å². The van der Waals surface area contributed by atoms with E-state index in [4.69, 9.17) is 0 Å². The van der Waals surface area contributed by atoms with Crippen molar-refractivity contribution in [1.29, 1.82) is 0 Å². The smallest absolute Gasteiger partial charge is 0.0726 e. The minimum absolute atomic E-state index is 0.531. The van der Waals surface area contributed by atoms with Crippen LogP contribution in [0.4, 0.5) is 17.1 Å². The fourth-order valence-electron chi connectivity index (χ4n) is 11.1. The summed E-state index contributed by atoms with van der Waals surface area (Å²) in [5, 5.41) is 7.77. The molecule has 1 nitrogen and oxygen atoms in total. The number of benzene rings is 11. The topological polar surface area (TPSA) is 3.24 Å². The summed E-state index contributed by atoms with van der Waals surface area (Å²) >= 11 is 0. The molecule has 288 valence electrons. The van der Waals surface area contributed by atoms with Gasteiger partial charge in [-0.05, 0) is 136 Å². The Labute approximate surface area is 361 Å². The summed E-state index contributed by atoms with van der Waals surface area (Å²) in [6.07, 6.45) is 0. The third-order valence-electron chi connectivity index (χ3n) is 13.7. The molecule has 0 heterocycles. The predicted molar refractivity (Wildman–Crippen MR) is 261 cm³/mol. The van der Waals surface area contributed by atoms with Crippen LogP contribution in [0.1, 0.15) is 22.3 Å². The van der Waals surface area contributed by atoms with Crippen molar-refractivity contribution in [2.24, 2.45) is 0 Å². The molecule has 1 atom stereocenters. The van der Waals surface area contributed by atoms with E-state index in [1.807, 2.05) is 0 Å². The number of nitrogens with zero attached hydrogens (tertiary/aromatic N) is 1. The van der Waals surface area contributed by atoms with Crippen LogP contribution in [0.15, 0.2) is 237 Å². The van der Waals surface area contributed by atoms with Gasteiger partial charge in [-0.15, -0.1) is 0 Å². The summed E-state index contributed by atoms with van der Waals surface area (Å²) in [5.41, 5.74) is 18.1. The van der Waals surface area contributed by atoms with E-state index in [0.717, 1.165) is 17.1 Å². The normalized spacial score (nSPS) is 14.5.